The summed E-state index contributed by atoms with van der Waals surface area (Å²) in [6.45, 7) is 1.51. The molecule has 3 amide bonds. The molecule has 2 aliphatic rings. The Hall–Kier alpha value is -2.24. The van der Waals surface area contributed by atoms with Crippen molar-refractivity contribution in [2.75, 3.05) is 6.54 Å². The predicted molar refractivity (Wildman–Crippen MR) is 81.3 cm³/mol. The Kier molecular flexibility index (Phi) is 3.92. The Morgan fingerprint density at radius 3 is 2.78 bits per heavy atom. The monoisotopic (exact) mass is 318 g/mol. The van der Waals surface area contributed by atoms with Gasteiger partial charge in [-0.1, -0.05) is 31.9 Å². The molecular formula is C17H19FN2O3. The first-order valence-corrected chi connectivity index (χ1v) is 7.87. The van der Waals surface area contributed by atoms with Crippen LogP contribution in [-0.4, -0.2) is 34.7 Å². The third kappa shape index (κ3) is 2.52. The second kappa shape index (κ2) is 5.76. The number of hydrogen-bond acceptors (Lipinski definition) is 3. The summed E-state index contributed by atoms with van der Waals surface area (Å²) in [5, 5.41) is 2.78. The zero-order valence-corrected chi connectivity index (χ0v) is 13.0. The maximum Gasteiger partial charge on any atom is 0.325 e. The van der Waals surface area contributed by atoms with Gasteiger partial charge in [-0.05, 0) is 30.9 Å². The van der Waals surface area contributed by atoms with Crippen molar-refractivity contribution >= 4 is 17.7 Å². The fourth-order valence-corrected chi connectivity index (χ4v) is 3.56. The van der Waals surface area contributed by atoms with Crippen molar-refractivity contribution in [3.05, 3.63) is 35.6 Å². The van der Waals surface area contributed by atoms with Crippen molar-refractivity contribution in [2.24, 2.45) is 5.92 Å². The van der Waals surface area contributed by atoms with Crippen LogP contribution >= 0.6 is 0 Å². The van der Waals surface area contributed by atoms with E-state index >= 15 is 0 Å². The standard InChI is InChI=1S/C17H19FN2O3/c1-11-6-4-5-9-17(11)15(22)20(16(23)19-17)10-14(21)12-7-2-3-8-13(12)18/h2-3,7-8,11H,4-6,9-10H2,1H3,(H,19,23)/t11-,17-/m1/s1. The number of carbonyl (C=O) groups is 3. The lowest BCUT2D eigenvalue weighted by Gasteiger charge is -2.36. The predicted octanol–water partition coefficient (Wildman–Crippen LogP) is 2.51. The summed E-state index contributed by atoms with van der Waals surface area (Å²) in [6.07, 6.45) is 3.34. The molecule has 1 aliphatic heterocycles. The molecule has 1 saturated heterocycles. The summed E-state index contributed by atoms with van der Waals surface area (Å²) < 4.78 is 13.7. The highest BCUT2D eigenvalue weighted by atomic mass is 19.1. The topological polar surface area (TPSA) is 66.5 Å². The molecule has 2 fully saturated rings. The number of amides is 3. The molecule has 0 aromatic heterocycles. The van der Waals surface area contributed by atoms with Crippen LogP contribution in [0.1, 0.15) is 43.0 Å². The number of hydrogen-bond donors (Lipinski definition) is 1. The van der Waals surface area contributed by atoms with Gasteiger partial charge in [0.25, 0.3) is 5.91 Å². The second-order valence-electron chi connectivity index (χ2n) is 6.34. The van der Waals surface area contributed by atoms with Crippen molar-refractivity contribution in [1.29, 1.82) is 0 Å². The summed E-state index contributed by atoms with van der Waals surface area (Å²) in [5.41, 5.74) is -1.00. The molecule has 2 atom stereocenters. The smallest absolute Gasteiger partial charge is 0.323 e. The van der Waals surface area contributed by atoms with Gasteiger partial charge in [0.1, 0.15) is 11.4 Å². The lowest BCUT2D eigenvalue weighted by molar-refractivity contribution is -0.133. The van der Waals surface area contributed by atoms with Crippen molar-refractivity contribution in [3.63, 3.8) is 0 Å². The van der Waals surface area contributed by atoms with Gasteiger partial charge >= 0.3 is 6.03 Å². The average Bonchev–Trinajstić information content (AvgIpc) is 2.76. The zero-order chi connectivity index (χ0) is 16.6. The largest absolute Gasteiger partial charge is 0.325 e. The van der Waals surface area contributed by atoms with Crippen LogP contribution in [0.5, 0.6) is 0 Å². The molecule has 1 heterocycles. The van der Waals surface area contributed by atoms with Gasteiger partial charge in [-0.2, -0.15) is 0 Å². The maximum absolute atomic E-state index is 13.7. The minimum Gasteiger partial charge on any atom is -0.323 e. The Morgan fingerprint density at radius 1 is 1.35 bits per heavy atom. The number of nitrogens with one attached hydrogen (secondary N) is 1. The lowest BCUT2D eigenvalue weighted by Crippen LogP contribution is -2.54. The number of imide groups is 1. The number of carbonyl (C=O) groups excluding carboxylic acids is 3. The van der Waals surface area contributed by atoms with E-state index in [1.54, 1.807) is 6.07 Å². The number of benzene rings is 1. The molecule has 1 aliphatic carbocycles. The van der Waals surface area contributed by atoms with Crippen LogP contribution in [-0.2, 0) is 4.79 Å². The van der Waals surface area contributed by atoms with Gasteiger partial charge in [-0.15, -0.1) is 0 Å². The molecular weight excluding hydrogens is 299 g/mol. The Morgan fingerprint density at radius 2 is 2.09 bits per heavy atom. The quantitative estimate of drug-likeness (QED) is 0.688. The highest BCUT2D eigenvalue weighted by Gasteiger charge is 2.55. The van der Waals surface area contributed by atoms with E-state index in [1.807, 2.05) is 6.92 Å². The van der Waals surface area contributed by atoms with Crippen LogP contribution in [0, 0.1) is 11.7 Å². The summed E-state index contributed by atoms with van der Waals surface area (Å²) in [5.74, 6) is -1.56. The average molecular weight is 318 g/mol. The highest BCUT2D eigenvalue weighted by molar-refractivity contribution is 6.11. The number of urea groups is 1. The van der Waals surface area contributed by atoms with Crippen molar-refractivity contribution in [2.45, 2.75) is 38.1 Å². The van der Waals surface area contributed by atoms with E-state index in [0.717, 1.165) is 24.2 Å². The van der Waals surface area contributed by atoms with Crippen molar-refractivity contribution < 1.29 is 18.8 Å². The number of rotatable bonds is 3. The zero-order valence-electron chi connectivity index (χ0n) is 13.0. The molecule has 1 aromatic rings. The van der Waals surface area contributed by atoms with E-state index in [4.69, 9.17) is 0 Å². The first kappa shape index (κ1) is 15.6. The van der Waals surface area contributed by atoms with Crippen LogP contribution < -0.4 is 5.32 Å². The Labute approximate surface area is 133 Å². The minimum absolute atomic E-state index is 0.0289. The van der Waals surface area contributed by atoms with Crippen LogP contribution in [0.3, 0.4) is 0 Å². The van der Waals surface area contributed by atoms with Gasteiger partial charge in [0.05, 0.1) is 12.1 Å². The van der Waals surface area contributed by atoms with Gasteiger partial charge in [0.2, 0.25) is 0 Å². The fraction of sp³-hybridized carbons (Fsp3) is 0.471. The first-order chi connectivity index (χ1) is 11.0. The van der Waals surface area contributed by atoms with Crippen LogP contribution in [0.2, 0.25) is 0 Å². The summed E-state index contributed by atoms with van der Waals surface area (Å²) in [4.78, 5) is 38.1. The number of halogens is 1. The molecule has 6 heteroatoms. The molecule has 1 aromatic carbocycles. The van der Waals surface area contributed by atoms with Crippen LogP contribution in [0.25, 0.3) is 0 Å². The molecule has 5 nitrogen and oxygen atoms in total. The lowest BCUT2D eigenvalue weighted by atomic mass is 9.73. The number of nitrogens with zero attached hydrogens (tertiary/aromatic N) is 1. The van der Waals surface area contributed by atoms with Gasteiger partial charge in [0, 0.05) is 0 Å². The van der Waals surface area contributed by atoms with E-state index in [1.165, 1.54) is 18.2 Å². The van der Waals surface area contributed by atoms with Crippen molar-refractivity contribution in [3.8, 4) is 0 Å². The number of Topliss-reactive ketones (excluding diaryl/α,β-unsaturated/α-hetero) is 1. The molecule has 0 bridgehead atoms. The van der Waals surface area contributed by atoms with E-state index in [0.29, 0.717) is 6.42 Å². The molecule has 23 heavy (non-hydrogen) atoms. The Balaban J connectivity index is 1.81. The van der Waals surface area contributed by atoms with Gasteiger partial charge in [-0.3, -0.25) is 14.5 Å². The van der Waals surface area contributed by atoms with E-state index in [-0.39, 0.29) is 17.4 Å². The molecule has 1 N–H and O–H groups in total. The third-order valence-corrected chi connectivity index (χ3v) is 4.98. The maximum atomic E-state index is 13.7. The number of ketones is 1. The van der Waals surface area contributed by atoms with Crippen LogP contribution in [0.4, 0.5) is 9.18 Å². The molecule has 1 saturated carbocycles. The van der Waals surface area contributed by atoms with Crippen LogP contribution in [0.15, 0.2) is 24.3 Å². The van der Waals surface area contributed by atoms with Gasteiger partial charge < -0.3 is 5.32 Å². The van der Waals surface area contributed by atoms with E-state index in [9.17, 15) is 18.8 Å². The molecule has 122 valence electrons. The second-order valence-corrected chi connectivity index (χ2v) is 6.34. The normalized spacial score (nSPS) is 27.4. The summed E-state index contributed by atoms with van der Waals surface area (Å²) in [7, 11) is 0. The highest BCUT2D eigenvalue weighted by Crippen LogP contribution is 2.38. The molecule has 3 rings (SSSR count). The van der Waals surface area contributed by atoms with E-state index < -0.39 is 29.7 Å². The Bertz CT molecular complexity index is 676. The fourth-order valence-electron chi connectivity index (χ4n) is 3.56. The molecule has 0 unspecified atom stereocenters. The van der Waals surface area contributed by atoms with Gasteiger partial charge in [0.15, 0.2) is 5.78 Å². The molecule has 1 spiro atoms. The SMILES string of the molecule is C[C@@H]1CCCC[C@@]12NC(=O)N(CC(=O)c1ccccc1F)C2=O. The minimum atomic E-state index is -0.898. The van der Waals surface area contributed by atoms with Crippen molar-refractivity contribution in [1.82, 2.24) is 10.2 Å². The summed E-state index contributed by atoms with van der Waals surface area (Å²) >= 11 is 0. The third-order valence-electron chi connectivity index (χ3n) is 4.98. The first-order valence-electron chi connectivity index (χ1n) is 7.87. The molecule has 0 radical (unpaired) electrons. The van der Waals surface area contributed by atoms with Gasteiger partial charge in [-0.25, -0.2) is 9.18 Å². The summed E-state index contributed by atoms with van der Waals surface area (Å²) in [6, 6.07) is 5.01. The van der Waals surface area contributed by atoms with E-state index in [2.05, 4.69) is 5.32 Å².